The summed E-state index contributed by atoms with van der Waals surface area (Å²) in [6, 6.07) is 9.55. The Balaban J connectivity index is 0.00000256. The minimum Gasteiger partial charge on any atom is -0.310 e. The molecule has 2 heteroatoms. The van der Waals surface area contributed by atoms with Crippen LogP contribution in [0.1, 0.15) is 52.2 Å². The molecule has 0 radical (unpaired) electrons. The Kier molecular flexibility index (Phi) is 6.81. The number of benzene rings is 1. The quantitative estimate of drug-likeness (QED) is 0.846. The standard InChI is InChI=1S/C15H25N.ClH/c1-6-12(2)16-11-13-7-9-14(10-8-13)15(3,4)5;/h7-10,12,16H,6,11H2,1-5H3;1H. The molecule has 0 aliphatic heterocycles. The first kappa shape index (κ1) is 16.5. The summed E-state index contributed by atoms with van der Waals surface area (Å²) in [4.78, 5) is 0. The van der Waals surface area contributed by atoms with E-state index in [0.717, 1.165) is 6.54 Å². The lowest BCUT2D eigenvalue weighted by Crippen LogP contribution is -2.24. The Morgan fingerprint density at radius 2 is 1.65 bits per heavy atom. The molecule has 0 saturated heterocycles. The van der Waals surface area contributed by atoms with Gasteiger partial charge >= 0.3 is 0 Å². The molecule has 0 bridgehead atoms. The van der Waals surface area contributed by atoms with Crippen LogP contribution in [0.5, 0.6) is 0 Å². The van der Waals surface area contributed by atoms with E-state index in [1.807, 2.05) is 0 Å². The first-order valence-corrected chi connectivity index (χ1v) is 6.26. The van der Waals surface area contributed by atoms with Crippen molar-refractivity contribution >= 4 is 12.4 Å². The molecule has 1 nitrogen and oxygen atoms in total. The Labute approximate surface area is 112 Å². The molecule has 0 spiro atoms. The zero-order chi connectivity index (χ0) is 12.2. The second-order valence-corrected chi connectivity index (χ2v) is 5.64. The van der Waals surface area contributed by atoms with Gasteiger partial charge in [-0.05, 0) is 29.9 Å². The molecule has 1 aromatic rings. The molecule has 98 valence electrons. The highest BCUT2D eigenvalue weighted by atomic mass is 35.5. The van der Waals surface area contributed by atoms with Gasteiger partial charge in [-0.2, -0.15) is 0 Å². The van der Waals surface area contributed by atoms with Crippen LogP contribution in [0, 0.1) is 0 Å². The second-order valence-electron chi connectivity index (χ2n) is 5.64. The highest BCUT2D eigenvalue weighted by Crippen LogP contribution is 2.22. The predicted octanol–water partition coefficient (Wildman–Crippen LogP) is 4.29. The van der Waals surface area contributed by atoms with E-state index in [0.29, 0.717) is 6.04 Å². The van der Waals surface area contributed by atoms with Gasteiger partial charge in [-0.15, -0.1) is 12.4 Å². The molecule has 17 heavy (non-hydrogen) atoms. The molecule has 0 aliphatic rings. The van der Waals surface area contributed by atoms with Gasteiger partial charge in [-0.3, -0.25) is 0 Å². The fraction of sp³-hybridized carbons (Fsp3) is 0.600. The summed E-state index contributed by atoms with van der Waals surface area (Å²) >= 11 is 0. The van der Waals surface area contributed by atoms with E-state index in [2.05, 4.69) is 64.2 Å². The summed E-state index contributed by atoms with van der Waals surface area (Å²) in [5, 5.41) is 3.51. The molecule has 0 aromatic heterocycles. The normalized spacial score (nSPS) is 13.0. The molecule has 1 unspecified atom stereocenters. The maximum absolute atomic E-state index is 3.51. The monoisotopic (exact) mass is 255 g/mol. The molecule has 1 atom stereocenters. The summed E-state index contributed by atoms with van der Waals surface area (Å²) in [6.07, 6.45) is 1.18. The molecule has 1 aromatic carbocycles. The SMILES string of the molecule is CCC(C)NCc1ccc(C(C)(C)C)cc1.Cl. The van der Waals surface area contributed by atoms with E-state index >= 15 is 0 Å². The lowest BCUT2D eigenvalue weighted by Gasteiger charge is -2.19. The van der Waals surface area contributed by atoms with Gasteiger partial charge in [0.15, 0.2) is 0 Å². The van der Waals surface area contributed by atoms with Gasteiger partial charge in [0.2, 0.25) is 0 Å². The minimum atomic E-state index is 0. The van der Waals surface area contributed by atoms with Gasteiger partial charge < -0.3 is 5.32 Å². The van der Waals surface area contributed by atoms with E-state index in [1.165, 1.54) is 17.5 Å². The average Bonchev–Trinajstić information content (AvgIpc) is 2.25. The first-order valence-electron chi connectivity index (χ1n) is 6.26. The van der Waals surface area contributed by atoms with Crippen molar-refractivity contribution in [1.29, 1.82) is 0 Å². The van der Waals surface area contributed by atoms with E-state index in [4.69, 9.17) is 0 Å². The maximum atomic E-state index is 3.51. The lowest BCUT2D eigenvalue weighted by molar-refractivity contribution is 0.533. The van der Waals surface area contributed by atoms with Crippen LogP contribution in [0.2, 0.25) is 0 Å². The van der Waals surface area contributed by atoms with Crippen molar-refractivity contribution in [3.8, 4) is 0 Å². The Hall–Kier alpha value is -0.530. The van der Waals surface area contributed by atoms with Gasteiger partial charge in [-0.25, -0.2) is 0 Å². The van der Waals surface area contributed by atoms with Crippen LogP contribution in [-0.4, -0.2) is 6.04 Å². The molecule has 0 amide bonds. The van der Waals surface area contributed by atoms with Crippen LogP contribution in [0.3, 0.4) is 0 Å². The molecule has 1 rings (SSSR count). The number of halogens is 1. The average molecular weight is 256 g/mol. The fourth-order valence-corrected chi connectivity index (χ4v) is 1.56. The van der Waals surface area contributed by atoms with Crippen molar-refractivity contribution in [2.45, 2.75) is 59.0 Å². The lowest BCUT2D eigenvalue weighted by atomic mass is 9.87. The van der Waals surface area contributed by atoms with Crippen molar-refractivity contribution in [1.82, 2.24) is 5.32 Å². The molecule has 1 N–H and O–H groups in total. The number of rotatable bonds is 4. The molecule has 0 saturated carbocycles. The first-order chi connectivity index (χ1) is 7.43. The van der Waals surface area contributed by atoms with Crippen LogP contribution < -0.4 is 5.32 Å². The summed E-state index contributed by atoms with van der Waals surface area (Å²) < 4.78 is 0. The maximum Gasteiger partial charge on any atom is 0.0207 e. The Bertz CT molecular complexity index is 311. The molecular formula is C15H26ClN. The van der Waals surface area contributed by atoms with Gasteiger partial charge in [-0.1, -0.05) is 52.0 Å². The van der Waals surface area contributed by atoms with Crippen molar-refractivity contribution in [2.75, 3.05) is 0 Å². The van der Waals surface area contributed by atoms with Gasteiger partial charge in [0, 0.05) is 12.6 Å². The zero-order valence-corrected chi connectivity index (χ0v) is 12.5. The number of hydrogen-bond donors (Lipinski definition) is 1. The van der Waals surface area contributed by atoms with Crippen LogP contribution in [0.15, 0.2) is 24.3 Å². The highest BCUT2D eigenvalue weighted by Gasteiger charge is 2.12. The van der Waals surface area contributed by atoms with Gasteiger partial charge in [0.25, 0.3) is 0 Å². The fourth-order valence-electron chi connectivity index (χ4n) is 1.56. The largest absolute Gasteiger partial charge is 0.310 e. The Morgan fingerprint density at radius 1 is 1.12 bits per heavy atom. The smallest absolute Gasteiger partial charge is 0.0207 e. The zero-order valence-electron chi connectivity index (χ0n) is 11.7. The summed E-state index contributed by atoms with van der Waals surface area (Å²) in [5.74, 6) is 0. The van der Waals surface area contributed by atoms with Crippen molar-refractivity contribution in [3.05, 3.63) is 35.4 Å². The topological polar surface area (TPSA) is 12.0 Å². The van der Waals surface area contributed by atoms with Crippen LogP contribution >= 0.6 is 12.4 Å². The molecular weight excluding hydrogens is 230 g/mol. The Morgan fingerprint density at radius 3 is 2.06 bits per heavy atom. The van der Waals surface area contributed by atoms with Gasteiger partial charge in [0.05, 0.1) is 0 Å². The van der Waals surface area contributed by atoms with Crippen molar-refractivity contribution < 1.29 is 0 Å². The molecule has 0 fully saturated rings. The van der Waals surface area contributed by atoms with E-state index in [-0.39, 0.29) is 17.8 Å². The number of nitrogens with one attached hydrogen (secondary N) is 1. The second kappa shape index (κ2) is 7.03. The minimum absolute atomic E-state index is 0. The summed E-state index contributed by atoms with van der Waals surface area (Å²) in [5.41, 5.74) is 3.02. The molecule has 0 heterocycles. The number of hydrogen-bond acceptors (Lipinski definition) is 1. The third-order valence-corrected chi connectivity index (χ3v) is 3.09. The van der Waals surface area contributed by atoms with Gasteiger partial charge in [0.1, 0.15) is 0 Å². The van der Waals surface area contributed by atoms with E-state index in [9.17, 15) is 0 Å². The summed E-state index contributed by atoms with van der Waals surface area (Å²) in [7, 11) is 0. The van der Waals surface area contributed by atoms with Crippen molar-refractivity contribution in [3.63, 3.8) is 0 Å². The van der Waals surface area contributed by atoms with Crippen molar-refractivity contribution in [2.24, 2.45) is 0 Å². The van der Waals surface area contributed by atoms with Crippen LogP contribution in [0.4, 0.5) is 0 Å². The highest BCUT2D eigenvalue weighted by molar-refractivity contribution is 5.85. The third kappa shape index (κ3) is 5.56. The molecule has 0 aliphatic carbocycles. The predicted molar refractivity (Wildman–Crippen MR) is 79.0 cm³/mol. The van der Waals surface area contributed by atoms with Crippen LogP contribution in [0.25, 0.3) is 0 Å². The van der Waals surface area contributed by atoms with E-state index < -0.39 is 0 Å². The summed E-state index contributed by atoms with van der Waals surface area (Å²) in [6.45, 7) is 12.2. The third-order valence-electron chi connectivity index (χ3n) is 3.09. The van der Waals surface area contributed by atoms with Crippen LogP contribution in [-0.2, 0) is 12.0 Å². The van der Waals surface area contributed by atoms with E-state index in [1.54, 1.807) is 0 Å².